The maximum absolute atomic E-state index is 13.3. The third kappa shape index (κ3) is 3.45. The highest BCUT2D eigenvalue weighted by Crippen LogP contribution is 2.17. The van der Waals surface area contributed by atoms with Crippen LogP contribution in [-0.4, -0.2) is 19.6 Å². The predicted molar refractivity (Wildman–Crippen MR) is 60.1 cm³/mol. The van der Waals surface area contributed by atoms with Crippen molar-refractivity contribution < 1.29 is 13.9 Å². The first-order chi connectivity index (χ1) is 8.08. The average molecular weight is 236 g/mol. The lowest BCUT2D eigenvalue weighted by Gasteiger charge is -2.07. The Morgan fingerprint density at radius 3 is 2.88 bits per heavy atom. The van der Waals surface area contributed by atoms with Crippen molar-refractivity contribution in [3.05, 3.63) is 29.6 Å². The highest BCUT2D eigenvalue weighted by Gasteiger charge is 2.10. The first kappa shape index (κ1) is 13.0. The molecule has 1 rings (SSSR count). The number of hydrogen-bond donors (Lipinski definition) is 1. The number of hydrogen-bond acceptors (Lipinski definition) is 3. The average Bonchev–Trinajstić information content (AvgIpc) is 2.35. The van der Waals surface area contributed by atoms with E-state index < -0.39 is 11.7 Å². The Bertz CT molecular complexity index is 454. The van der Waals surface area contributed by atoms with Crippen molar-refractivity contribution in [1.29, 1.82) is 5.26 Å². The summed E-state index contributed by atoms with van der Waals surface area (Å²) in [5.41, 5.74) is 0.202. The molecular weight excluding hydrogens is 223 g/mol. The molecule has 0 saturated carbocycles. The summed E-state index contributed by atoms with van der Waals surface area (Å²) in [5.74, 6) is -1.18. The van der Waals surface area contributed by atoms with Gasteiger partial charge in [-0.25, -0.2) is 4.39 Å². The van der Waals surface area contributed by atoms with Crippen molar-refractivity contribution in [2.45, 2.75) is 6.92 Å². The van der Waals surface area contributed by atoms with E-state index in [1.807, 2.05) is 6.07 Å². The molecule has 1 aromatic carbocycles. The van der Waals surface area contributed by atoms with Gasteiger partial charge in [-0.15, -0.1) is 0 Å². The topological polar surface area (TPSA) is 62.1 Å². The smallest absolute Gasteiger partial charge is 0.251 e. The molecule has 5 heteroatoms. The molecular formula is C12H13FN2O2. The van der Waals surface area contributed by atoms with Crippen LogP contribution in [0, 0.1) is 23.1 Å². The van der Waals surface area contributed by atoms with Gasteiger partial charge in [-0.1, -0.05) is 0 Å². The van der Waals surface area contributed by atoms with E-state index in [0.717, 1.165) is 6.07 Å². The lowest BCUT2D eigenvalue weighted by molar-refractivity contribution is 0.0950. The van der Waals surface area contributed by atoms with Crippen LogP contribution in [-0.2, 0) is 0 Å². The summed E-state index contributed by atoms with van der Waals surface area (Å²) in [7, 11) is 1.35. The molecule has 4 nitrogen and oxygen atoms in total. The largest absolute Gasteiger partial charge is 0.494 e. The second-order valence-electron chi connectivity index (χ2n) is 3.59. The number of rotatable bonds is 4. The minimum atomic E-state index is -0.589. The molecule has 1 amide bonds. The number of nitrogens with zero attached hydrogens (tertiary/aromatic N) is 1. The predicted octanol–water partition coefficient (Wildman–Crippen LogP) is 1.72. The summed E-state index contributed by atoms with van der Waals surface area (Å²) in [6.07, 6.45) is 0. The number of nitriles is 1. The highest BCUT2D eigenvalue weighted by molar-refractivity contribution is 5.94. The summed E-state index contributed by atoms with van der Waals surface area (Å²) in [6.45, 7) is 1.93. The number of carbonyl (C=O) groups is 1. The molecule has 1 unspecified atom stereocenters. The summed E-state index contributed by atoms with van der Waals surface area (Å²) in [5, 5.41) is 11.1. The molecule has 0 spiro atoms. The van der Waals surface area contributed by atoms with Crippen LogP contribution in [0.3, 0.4) is 0 Å². The van der Waals surface area contributed by atoms with E-state index in [2.05, 4.69) is 5.32 Å². The molecule has 0 bridgehead atoms. The molecule has 0 heterocycles. The van der Waals surface area contributed by atoms with Crippen molar-refractivity contribution >= 4 is 5.91 Å². The van der Waals surface area contributed by atoms with Crippen LogP contribution in [0.2, 0.25) is 0 Å². The van der Waals surface area contributed by atoms with Crippen molar-refractivity contribution in [1.82, 2.24) is 5.32 Å². The zero-order valence-corrected chi connectivity index (χ0v) is 9.66. The molecule has 0 aromatic heterocycles. The lowest BCUT2D eigenvalue weighted by atomic mass is 10.1. The molecule has 17 heavy (non-hydrogen) atoms. The molecule has 0 radical (unpaired) electrons. The van der Waals surface area contributed by atoms with E-state index in [9.17, 15) is 9.18 Å². The van der Waals surface area contributed by atoms with Gasteiger partial charge in [0.25, 0.3) is 5.91 Å². The van der Waals surface area contributed by atoms with Gasteiger partial charge in [0.1, 0.15) is 0 Å². The highest BCUT2D eigenvalue weighted by atomic mass is 19.1. The van der Waals surface area contributed by atoms with Gasteiger partial charge in [0.2, 0.25) is 0 Å². The lowest BCUT2D eigenvalue weighted by Crippen LogP contribution is -2.27. The van der Waals surface area contributed by atoms with Crippen LogP contribution >= 0.6 is 0 Å². The van der Waals surface area contributed by atoms with Gasteiger partial charge < -0.3 is 10.1 Å². The molecule has 0 aliphatic carbocycles. The quantitative estimate of drug-likeness (QED) is 0.865. The van der Waals surface area contributed by atoms with Crippen molar-refractivity contribution in [3.63, 3.8) is 0 Å². The number of amides is 1. The fourth-order valence-corrected chi connectivity index (χ4v) is 1.20. The Morgan fingerprint density at radius 1 is 1.65 bits per heavy atom. The summed E-state index contributed by atoms with van der Waals surface area (Å²) >= 11 is 0. The minimum Gasteiger partial charge on any atom is -0.494 e. The number of nitrogens with one attached hydrogen (secondary N) is 1. The van der Waals surface area contributed by atoms with Gasteiger partial charge in [0, 0.05) is 12.1 Å². The van der Waals surface area contributed by atoms with E-state index in [-0.39, 0.29) is 23.8 Å². The Hall–Kier alpha value is -2.09. The van der Waals surface area contributed by atoms with Crippen LogP contribution in [0.15, 0.2) is 18.2 Å². The van der Waals surface area contributed by atoms with Gasteiger partial charge in [0.15, 0.2) is 11.6 Å². The molecule has 1 atom stereocenters. The van der Waals surface area contributed by atoms with E-state index in [1.54, 1.807) is 6.92 Å². The maximum atomic E-state index is 13.3. The normalized spacial score (nSPS) is 11.4. The first-order valence-corrected chi connectivity index (χ1v) is 5.09. The van der Waals surface area contributed by atoms with Crippen molar-refractivity contribution in [3.8, 4) is 11.8 Å². The molecule has 0 aliphatic rings. The van der Waals surface area contributed by atoms with Crippen LogP contribution < -0.4 is 10.1 Å². The van der Waals surface area contributed by atoms with Gasteiger partial charge in [-0.3, -0.25) is 4.79 Å². The second kappa shape index (κ2) is 5.85. The molecule has 90 valence electrons. The van der Waals surface area contributed by atoms with Crippen LogP contribution in [0.25, 0.3) is 0 Å². The fraction of sp³-hybridized carbons (Fsp3) is 0.333. The monoisotopic (exact) mass is 236 g/mol. The van der Waals surface area contributed by atoms with Gasteiger partial charge in [-0.2, -0.15) is 5.26 Å². The Kier molecular flexibility index (Phi) is 4.46. The molecule has 0 saturated heterocycles. The number of halogens is 1. The van der Waals surface area contributed by atoms with Crippen molar-refractivity contribution in [2.75, 3.05) is 13.7 Å². The fourth-order valence-electron chi connectivity index (χ4n) is 1.20. The van der Waals surface area contributed by atoms with E-state index >= 15 is 0 Å². The number of ether oxygens (including phenoxy) is 1. The Balaban J connectivity index is 2.70. The zero-order valence-electron chi connectivity index (χ0n) is 9.66. The Labute approximate surface area is 99.0 Å². The second-order valence-corrected chi connectivity index (χ2v) is 3.59. The Morgan fingerprint density at radius 2 is 2.35 bits per heavy atom. The first-order valence-electron chi connectivity index (χ1n) is 5.09. The molecule has 0 aliphatic heterocycles. The number of benzene rings is 1. The minimum absolute atomic E-state index is 0.0898. The van der Waals surface area contributed by atoms with Gasteiger partial charge in [0.05, 0.1) is 19.1 Å². The van der Waals surface area contributed by atoms with E-state index in [4.69, 9.17) is 10.00 Å². The summed E-state index contributed by atoms with van der Waals surface area (Å²) in [6, 6.07) is 5.95. The van der Waals surface area contributed by atoms with Crippen LogP contribution in [0.5, 0.6) is 5.75 Å². The number of carbonyl (C=O) groups excluding carboxylic acids is 1. The summed E-state index contributed by atoms with van der Waals surface area (Å²) < 4.78 is 18.1. The zero-order chi connectivity index (χ0) is 12.8. The third-order valence-corrected chi connectivity index (χ3v) is 2.20. The standard InChI is InChI=1S/C12H13FN2O2/c1-8(6-14)7-15-12(16)9-3-4-11(17-2)10(13)5-9/h3-5,8H,7H2,1-2H3,(H,15,16). The molecule has 1 aromatic rings. The van der Waals surface area contributed by atoms with E-state index in [1.165, 1.54) is 19.2 Å². The maximum Gasteiger partial charge on any atom is 0.251 e. The van der Waals surface area contributed by atoms with Gasteiger partial charge >= 0.3 is 0 Å². The van der Waals surface area contributed by atoms with Gasteiger partial charge in [-0.05, 0) is 25.1 Å². The molecule has 1 N–H and O–H groups in total. The third-order valence-electron chi connectivity index (χ3n) is 2.20. The van der Waals surface area contributed by atoms with Crippen LogP contribution in [0.1, 0.15) is 17.3 Å². The van der Waals surface area contributed by atoms with Crippen LogP contribution in [0.4, 0.5) is 4.39 Å². The van der Waals surface area contributed by atoms with Crippen molar-refractivity contribution in [2.24, 2.45) is 5.92 Å². The SMILES string of the molecule is COc1ccc(C(=O)NCC(C)C#N)cc1F. The number of methoxy groups -OCH3 is 1. The summed E-state index contributed by atoms with van der Waals surface area (Å²) in [4.78, 5) is 11.6. The molecule has 0 fully saturated rings. The van der Waals surface area contributed by atoms with E-state index in [0.29, 0.717) is 0 Å².